The van der Waals surface area contributed by atoms with Gasteiger partial charge in [-0.05, 0) is 75.4 Å². The highest BCUT2D eigenvalue weighted by atomic mass is 16.3. The summed E-state index contributed by atoms with van der Waals surface area (Å²) in [5.41, 5.74) is 11.9. The number of hydrogen-bond acceptors (Lipinski definition) is 5. The lowest BCUT2D eigenvalue weighted by molar-refractivity contribution is 0.669. The topological polar surface area (TPSA) is 65.0 Å². The van der Waals surface area contributed by atoms with Gasteiger partial charge in [0.05, 0.1) is 0 Å². The number of nitrogens with zero attached hydrogens (tertiary/aromatic N) is 3. The van der Waals surface area contributed by atoms with Crippen molar-refractivity contribution in [1.29, 1.82) is 0 Å². The van der Waals surface area contributed by atoms with Crippen LogP contribution in [0, 0.1) is 0 Å². The Morgan fingerprint density at radius 3 is 1.67 bits per heavy atom. The third-order valence-electron chi connectivity index (χ3n) is 11.9. The van der Waals surface area contributed by atoms with Crippen LogP contribution < -0.4 is 0 Å². The SMILES string of the molecule is C1=CC(c2nc(-c3cccc4oc5ccccc5c34)nc(-c3ccc(-c4ccc(-c5ccccc5)c5ccccc45)c4oc5ccccc5c34)n2)CC=C1c1ccccc1. The number of allylic oxidation sites excluding steroid dienone is 4. The highest BCUT2D eigenvalue weighted by Crippen LogP contribution is 2.45. The maximum Gasteiger partial charge on any atom is 0.164 e. The van der Waals surface area contributed by atoms with Crippen molar-refractivity contribution in [2.45, 2.75) is 12.3 Å². The molecule has 0 spiro atoms. The van der Waals surface area contributed by atoms with Crippen LogP contribution in [0.1, 0.15) is 23.7 Å². The predicted octanol–water partition coefficient (Wildman–Crippen LogP) is 14.6. The molecule has 60 heavy (non-hydrogen) atoms. The van der Waals surface area contributed by atoms with E-state index >= 15 is 0 Å². The molecular weight excluding hydrogens is 735 g/mol. The summed E-state index contributed by atoms with van der Waals surface area (Å²) in [7, 11) is 0. The molecule has 1 atom stereocenters. The van der Waals surface area contributed by atoms with E-state index in [4.69, 9.17) is 23.8 Å². The summed E-state index contributed by atoms with van der Waals surface area (Å²) in [6.45, 7) is 0. The molecule has 0 aliphatic heterocycles. The van der Waals surface area contributed by atoms with Crippen LogP contribution in [0.4, 0.5) is 0 Å². The Morgan fingerprint density at radius 1 is 0.400 bits per heavy atom. The van der Waals surface area contributed by atoms with Crippen LogP contribution >= 0.6 is 0 Å². The van der Waals surface area contributed by atoms with Gasteiger partial charge >= 0.3 is 0 Å². The fourth-order valence-corrected chi connectivity index (χ4v) is 9.05. The van der Waals surface area contributed by atoms with Gasteiger partial charge in [-0.25, -0.2) is 15.0 Å². The third-order valence-corrected chi connectivity index (χ3v) is 11.9. The Bertz CT molecular complexity index is 3520. The molecule has 5 nitrogen and oxygen atoms in total. The normalized spacial score (nSPS) is 14.1. The minimum Gasteiger partial charge on any atom is -0.456 e. The lowest BCUT2D eigenvalue weighted by Gasteiger charge is -2.18. The number of para-hydroxylation sites is 2. The van der Waals surface area contributed by atoms with Crippen molar-refractivity contribution in [2.24, 2.45) is 0 Å². The van der Waals surface area contributed by atoms with Crippen molar-refractivity contribution < 1.29 is 8.83 Å². The molecule has 12 rings (SSSR count). The van der Waals surface area contributed by atoms with Gasteiger partial charge in [-0.2, -0.15) is 0 Å². The first kappa shape index (κ1) is 34.2. The zero-order valence-electron chi connectivity index (χ0n) is 32.4. The molecule has 11 aromatic rings. The van der Waals surface area contributed by atoms with Crippen LogP contribution in [0.2, 0.25) is 0 Å². The summed E-state index contributed by atoms with van der Waals surface area (Å²) in [6.07, 6.45) is 7.48. The van der Waals surface area contributed by atoms with Crippen molar-refractivity contribution >= 4 is 60.2 Å². The molecule has 282 valence electrons. The first-order chi connectivity index (χ1) is 29.7. The number of rotatable bonds is 6. The molecule has 3 aromatic heterocycles. The van der Waals surface area contributed by atoms with E-state index in [2.05, 4.69) is 146 Å². The molecule has 0 saturated heterocycles. The summed E-state index contributed by atoms with van der Waals surface area (Å²) < 4.78 is 13.2. The number of benzene rings is 8. The average molecular weight is 770 g/mol. The lowest BCUT2D eigenvalue weighted by Crippen LogP contribution is -2.08. The third kappa shape index (κ3) is 5.58. The molecule has 0 saturated carbocycles. The van der Waals surface area contributed by atoms with Gasteiger partial charge in [0.25, 0.3) is 0 Å². The Balaban J connectivity index is 1.08. The largest absolute Gasteiger partial charge is 0.456 e. The Labute approximate surface area is 345 Å². The van der Waals surface area contributed by atoms with Crippen LogP contribution in [0.15, 0.2) is 203 Å². The number of furan rings is 2. The standard InChI is InChI=1S/C55H35N3O2/c1-3-14-34(15-4-1)35-26-28-37(29-27-35)53-56-54(45-22-13-25-49-50(45)43-20-9-11-23-47(43)59-49)58-55(57-53)46-33-32-42(52-51(46)44-21-10-12-24-48(44)60-52)41-31-30-38(36-16-5-2-6-17-36)39-18-7-8-19-40(39)41/h1-28,30-33,37H,29H2. The van der Waals surface area contributed by atoms with Crippen LogP contribution in [0.25, 0.3) is 105 Å². The molecule has 0 N–H and O–H groups in total. The highest BCUT2D eigenvalue weighted by molar-refractivity contribution is 6.18. The average Bonchev–Trinajstić information content (AvgIpc) is 3.91. The summed E-state index contributed by atoms with van der Waals surface area (Å²) in [4.78, 5) is 16.0. The Hall–Kier alpha value is -7.89. The molecule has 1 aliphatic rings. The molecular formula is C55H35N3O2. The van der Waals surface area contributed by atoms with Gasteiger partial charge in [0, 0.05) is 44.2 Å². The number of fused-ring (bicyclic) bond motifs is 7. The molecule has 5 heteroatoms. The maximum atomic E-state index is 6.87. The van der Waals surface area contributed by atoms with Crippen LogP contribution in [0.3, 0.4) is 0 Å². The summed E-state index contributed by atoms with van der Waals surface area (Å²) in [5, 5.41) is 6.34. The molecule has 0 radical (unpaired) electrons. The smallest absolute Gasteiger partial charge is 0.164 e. The van der Waals surface area contributed by atoms with Gasteiger partial charge in [0.15, 0.2) is 11.6 Å². The van der Waals surface area contributed by atoms with E-state index in [1.807, 2.05) is 48.5 Å². The Morgan fingerprint density at radius 2 is 0.950 bits per heavy atom. The van der Waals surface area contributed by atoms with Gasteiger partial charge in [-0.1, -0.05) is 164 Å². The fraction of sp³-hybridized carbons (Fsp3) is 0.0364. The van der Waals surface area contributed by atoms with Crippen molar-refractivity contribution in [1.82, 2.24) is 15.0 Å². The molecule has 0 amide bonds. The van der Waals surface area contributed by atoms with Crippen molar-refractivity contribution in [2.75, 3.05) is 0 Å². The first-order valence-electron chi connectivity index (χ1n) is 20.4. The van der Waals surface area contributed by atoms with E-state index < -0.39 is 0 Å². The quantitative estimate of drug-likeness (QED) is 0.168. The molecule has 0 bridgehead atoms. The van der Waals surface area contributed by atoms with E-state index in [1.54, 1.807) is 0 Å². The van der Waals surface area contributed by atoms with Crippen molar-refractivity contribution in [3.8, 4) is 45.0 Å². The number of aromatic nitrogens is 3. The lowest BCUT2D eigenvalue weighted by atomic mass is 9.90. The van der Waals surface area contributed by atoms with Crippen LogP contribution in [-0.4, -0.2) is 15.0 Å². The van der Waals surface area contributed by atoms with Gasteiger partial charge in [-0.3, -0.25) is 0 Å². The highest BCUT2D eigenvalue weighted by Gasteiger charge is 2.25. The van der Waals surface area contributed by atoms with E-state index in [0.29, 0.717) is 17.5 Å². The molecule has 1 unspecified atom stereocenters. The van der Waals surface area contributed by atoms with Crippen LogP contribution in [0.5, 0.6) is 0 Å². The van der Waals surface area contributed by atoms with E-state index in [9.17, 15) is 0 Å². The van der Waals surface area contributed by atoms with Crippen molar-refractivity contribution in [3.63, 3.8) is 0 Å². The molecule has 3 heterocycles. The van der Waals surface area contributed by atoms with E-state index in [0.717, 1.165) is 77.9 Å². The second-order valence-electron chi connectivity index (χ2n) is 15.4. The van der Waals surface area contributed by atoms with E-state index in [1.165, 1.54) is 27.6 Å². The van der Waals surface area contributed by atoms with E-state index in [-0.39, 0.29) is 5.92 Å². The van der Waals surface area contributed by atoms with Gasteiger partial charge in [0.1, 0.15) is 28.2 Å². The maximum absolute atomic E-state index is 6.87. The predicted molar refractivity (Wildman–Crippen MR) is 245 cm³/mol. The zero-order chi connectivity index (χ0) is 39.6. The molecule has 0 fully saturated rings. The molecule has 8 aromatic carbocycles. The minimum atomic E-state index is -0.0522. The fourth-order valence-electron chi connectivity index (χ4n) is 9.05. The minimum absolute atomic E-state index is 0.0522. The van der Waals surface area contributed by atoms with Crippen molar-refractivity contribution in [3.05, 3.63) is 206 Å². The number of hydrogen-bond donors (Lipinski definition) is 0. The molecule has 1 aliphatic carbocycles. The first-order valence-corrected chi connectivity index (χ1v) is 20.4. The van der Waals surface area contributed by atoms with Gasteiger partial charge in [-0.15, -0.1) is 0 Å². The Kier molecular flexibility index (Phi) is 7.91. The van der Waals surface area contributed by atoms with Gasteiger partial charge < -0.3 is 8.83 Å². The second-order valence-corrected chi connectivity index (χ2v) is 15.4. The monoisotopic (exact) mass is 769 g/mol. The second kappa shape index (κ2) is 13.9. The summed E-state index contributed by atoms with van der Waals surface area (Å²) >= 11 is 0. The summed E-state index contributed by atoms with van der Waals surface area (Å²) in [5.74, 6) is 1.86. The van der Waals surface area contributed by atoms with Gasteiger partial charge in [0.2, 0.25) is 0 Å². The summed E-state index contributed by atoms with van der Waals surface area (Å²) in [6, 6.07) is 61.1. The van der Waals surface area contributed by atoms with Crippen LogP contribution in [-0.2, 0) is 0 Å². The zero-order valence-corrected chi connectivity index (χ0v) is 32.4.